The zero-order valence-electron chi connectivity index (χ0n) is 36.1. The molecule has 7 atom stereocenters. The normalized spacial score (nSPS) is 21.1. The monoisotopic (exact) mass is 832 g/mol. The molecule has 322 valence electrons. The van der Waals surface area contributed by atoms with Crippen molar-refractivity contribution in [2.75, 3.05) is 21.3 Å². The number of aromatic amines is 2. The number of aromatic nitrogens is 4. The number of nitrogens with zero attached hydrogens (tertiary/aromatic N) is 4. The lowest BCUT2D eigenvalue weighted by molar-refractivity contribution is -0.139. The van der Waals surface area contributed by atoms with Crippen molar-refractivity contribution < 1.29 is 33.3 Å². The molecule has 3 aliphatic rings. The average Bonchev–Trinajstić information content (AvgIpc) is 4.08. The van der Waals surface area contributed by atoms with Gasteiger partial charge in [-0.25, -0.2) is 19.6 Å². The number of benzene rings is 3. The van der Waals surface area contributed by atoms with Crippen LogP contribution in [0.25, 0.3) is 44.2 Å². The molecule has 0 aliphatic carbocycles. The van der Waals surface area contributed by atoms with Crippen molar-refractivity contribution in [3.05, 3.63) is 78.1 Å². The molecule has 0 bridgehead atoms. The van der Waals surface area contributed by atoms with E-state index in [1.807, 2.05) is 24.1 Å². The number of imidazole rings is 2. The second-order valence-corrected chi connectivity index (χ2v) is 16.9. The Morgan fingerprint density at radius 3 is 2.21 bits per heavy atom. The quantitative estimate of drug-likeness (QED) is 0.102. The van der Waals surface area contributed by atoms with Gasteiger partial charge in [0.1, 0.15) is 30.0 Å². The van der Waals surface area contributed by atoms with E-state index in [-0.39, 0.29) is 42.0 Å². The van der Waals surface area contributed by atoms with Gasteiger partial charge in [0.05, 0.1) is 61.4 Å². The Kier molecular flexibility index (Phi) is 11.4. The summed E-state index contributed by atoms with van der Waals surface area (Å²) in [5, 5.41) is 7.61. The highest BCUT2D eigenvalue weighted by atomic mass is 16.5. The lowest BCUT2D eigenvalue weighted by Gasteiger charge is -2.37. The van der Waals surface area contributed by atoms with Crippen molar-refractivity contribution in [2.45, 2.75) is 109 Å². The molecule has 5 heterocycles. The highest BCUT2D eigenvalue weighted by Crippen LogP contribution is 2.44. The van der Waals surface area contributed by atoms with Gasteiger partial charge in [0.15, 0.2) is 0 Å². The van der Waals surface area contributed by atoms with E-state index in [1.165, 1.54) is 21.3 Å². The molecule has 3 aliphatic heterocycles. The molecule has 3 amide bonds. The summed E-state index contributed by atoms with van der Waals surface area (Å²) in [5.41, 5.74) is 7.62. The number of fused-ring (bicyclic) bond motifs is 6. The van der Waals surface area contributed by atoms with Crippen molar-refractivity contribution >= 4 is 39.9 Å². The predicted molar refractivity (Wildman–Crippen MR) is 232 cm³/mol. The van der Waals surface area contributed by atoms with Crippen LogP contribution in [-0.2, 0) is 25.6 Å². The number of methoxy groups -OCH3 is 3. The van der Waals surface area contributed by atoms with Crippen molar-refractivity contribution in [2.24, 2.45) is 5.92 Å². The fourth-order valence-corrected chi connectivity index (χ4v) is 9.49. The number of rotatable bonds is 11. The van der Waals surface area contributed by atoms with E-state index in [2.05, 4.69) is 89.2 Å². The third-order valence-corrected chi connectivity index (χ3v) is 12.9. The molecular weight excluding hydrogens is 777 g/mol. The Hall–Kier alpha value is -6.09. The summed E-state index contributed by atoms with van der Waals surface area (Å²) >= 11 is 0. The maximum Gasteiger partial charge on any atom is 0.407 e. The van der Waals surface area contributed by atoms with Crippen LogP contribution in [0.3, 0.4) is 0 Å². The second-order valence-electron chi connectivity index (χ2n) is 16.9. The molecule has 15 heteroatoms. The number of amides is 3. The number of ether oxygens (including phenoxy) is 4. The summed E-state index contributed by atoms with van der Waals surface area (Å²) in [6.07, 6.45) is 3.54. The number of hydrogen-bond donors (Lipinski definition) is 4. The number of hydrogen-bond acceptors (Lipinski definition) is 10. The smallest absolute Gasteiger partial charge is 0.407 e. The van der Waals surface area contributed by atoms with Gasteiger partial charge in [0.25, 0.3) is 0 Å². The van der Waals surface area contributed by atoms with Crippen LogP contribution in [0.2, 0.25) is 0 Å². The fourth-order valence-electron chi connectivity index (χ4n) is 9.49. The number of carbonyl (C=O) groups is 3. The van der Waals surface area contributed by atoms with E-state index in [4.69, 9.17) is 28.9 Å². The predicted octanol–water partition coefficient (Wildman–Crippen LogP) is 7.90. The van der Waals surface area contributed by atoms with Crippen LogP contribution in [0.1, 0.15) is 89.6 Å². The van der Waals surface area contributed by atoms with Crippen LogP contribution in [0.4, 0.5) is 9.59 Å². The summed E-state index contributed by atoms with van der Waals surface area (Å²) < 4.78 is 21.7. The zero-order chi connectivity index (χ0) is 43.3. The molecule has 61 heavy (non-hydrogen) atoms. The van der Waals surface area contributed by atoms with E-state index < -0.39 is 24.3 Å². The largest absolute Gasteiger partial charge is 0.488 e. The van der Waals surface area contributed by atoms with E-state index >= 15 is 0 Å². The van der Waals surface area contributed by atoms with Gasteiger partial charge >= 0.3 is 12.2 Å². The van der Waals surface area contributed by atoms with Crippen LogP contribution >= 0.6 is 0 Å². The number of alkyl carbamates (subject to hydrolysis) is 2. The van der Waals surface area contributed by atoms with Crippen molar-refractivity contribution in [1.29, 1.82) is 0 Å². The Bertz CT molecular complexity index is 2490. The van der Waals surface area contributed by atoms with Crippen LogP contribution in [0, 0.1) is 5.92 Å². The minimum atomic E-state index is -0.926. The van der Waals surface area contributed by atoms with Gasteiger partial charge in [-0.2, -0.15) is 0 Å². The molecule has 2 fully saturated rings. The van der Waals surface area contributed by atoms with Crippen LogP contribution in [0.5, 0.6) is 5.75 Å². The topological polar surface area (TPSA) is 176 Å². The van der Waals surface area contributed by atoms with Gasteiger partial charge < -0.3 is 49.3 Å². The van der Waals surface area contributed by atoms with Gasteiger partial charge in [0.2, 0.25) is 5.91 Å². The summed E-state index contributed by atoms with van der Waals surface area (Å²) in [6, 6.07) is 13.4. The third-order valence-electron chi connectivity index (χ3n) is 12.9. The lowest BCUT2D eigenvalue weighted by Crippen LogP contribution is -2.55. The molecule has 5 aromatic rings. The Morgan fingerprint density at radius 1 is 0.836 bits per heavy atom. The molecule has 2 aromatic heterocycles. The van der Waals surface area contributed by atoms with E-state index in [1.54, 1.807) is 6.92 Å². The van der Waals surface area contributed by atoms with Gasteiger partial charge in [-0.3, -0.25) is 4.79 Å². The molecule has 4 N–H and O–H groups in total. The molecular formula is C46H56N8O7. The molecule has 0 saturated carbocycles. The number of likely N-dealkylation sites (tertiary alicyclic amines) is 2. The summed E-state index contributed by atoms with van der Waals surface area (Å²) in [4.78, 5) is 59.7. The van der Waals surface area contributed by atoms with Gasteiger partial charge in [-0.05, 0) is 98.7 Å². The summed E-state index contributed by atoms with van der Waals surface area (Å²) in [7, 11) is 4.15. The SMILES string of the molecule is C=C([C@@H](NC(=O)OC)C(C)C)N1[C@@H](C)CC[C@H]1c1ncc(-c2ccc3c(c2)COc2cc4c(ccc5[nH]c([C@@H]6CC[C@H](C)N6C(=O)[C@@H](NC(=O)OC)[C@@H](C)OC)nc54)cc2-3)[nH]1. The van der Waals surface area contributed by atoms with Crippen LogP contribution < -0.4 is 15.4 Å². The van der Waals surface area contributed by atoms with E-state index in [0.717, 1.165) is 92.7 Å². The molecule has 0 unspecified atom stereocenters. The highest BCUT2D eigenvalue weighted by molar-refractivity contribution is 6.07. The lowest BCUT2D eigenvalue weighted by atomic mass is 9.92. The van der Waals surface area contributed by atoms with Crippen molar-refractivity contribution in [3.8, 4) is 28.1 Å². The number of nitrogens with one attached hydrogen (secondary N) is 4. The number of carbonyl (C=O) groups excluding carboxylic acids is 3. The first-order valence-electron chi connectivity index (χ1n) is 21.1. The van der Waals surface area contributed by atoms with E-state index in [0.29, 0.717) is 12.4 Å². The van der Waals surface area contributed by atoms with Crippen LogP contribution in [0.15, 0.2) is 60.9 Å². The zero-order valence-corrected chi connectivity index (χ0v) is 36.1. The van der Waals surface area contributed by atoms with E-state index in [9.17, 15) is 14.4 Å². The first kappa shape index (κ1) is 41.6. The molecule has 8 rings (SSSR count). The summed E-state index contributed by atoms with van der Waals surface area (Å²) in [6.45, 7) is 14.9. The Balaban J connectivity index is 1.05. The third kappa shape index (κ3) is 7.64. The van der Waals surface area contributed by atoms with Gasteiger partial charge in [0, 0.05) is 35.8 Å². The van der Waals surface area contributed by atoms with Crippen molar-refractivity contribution in [3.63, 3.8) is 0 Å². The van der Waals surface area contributed by atoms with Crippen molar-refractivity contribution in [1.82, 2.24) is 40.4 Å². The summed E-state index contributed by atoms with van der Waals surface area (Å²) in [5.74, 6) is 2.20. The molecule has 3 aromatic carbocycles. The minimum absolute atomic E-state index is 0.00862. The Morgan fingerprint density at radius 2 is 1.52 bits per heavy atom. The Labute approximate surface area is 355 Å². The number of H-pyrrole nitrogens is 2. The van der Waals surface area contributed by atoms with Crippen LogP contribution in [-0.4, -0.2) is 99.4 Å². The molecule has 15 nitrogen and oxygen atoms in total. The first-order valence-corrected chi connectivity index (χ1v) is 21.1. The fraction of sp³-hybridized carbons (Fsp3) is 0.457. The molecule has 0 radical (unpaired) electrons. The standard InChI is InChI=1S/C46H56N8O7/c1-23(2)39(51-45(56)59-8)26(5)53-24(3)10-16-36(53)42-47-21-35(49-42)29-12-14-31-30(18-29)22-61-38-20-32-28(19-33(31)38)13-15-34-41(32)50-43(48-34)37-17-11-25(4)54(37)44(55)40(27(6)58-7)52-46(57)60-9/h12-15,18-21,23-25,27,36-37,39-40H,5,10-11,16-17,22H2,1-4,6-9H3,(H,47,49)(H,48,50)(H,51,56)(H,52,57)/t24-,25-,27+,36-,37-,39-,40-/m0/s1. The maximum absolute atomic E-state index is 14.1. The average molecular weight is 833 g/mol. The molecule has 0 spiro atoms. The van der Waals surface area contributed by atoms with Gasteiger partial charge in [-0.1, -0.05) is 38.6 Å². The maximum atomic E-state index is 14.1. The minimum Gasteiger partial charge on any atom is -0.488 e. The highest BCUT2D eigenvalue weighted by Gasteiger charge is 2.42. The van der Waals surface area contributed by atoms with Gasteiger partial charge in [-0.15, -0.1) is 0 Å². The molecule has 2 saturated heterocycles. The second kappa shape index (κ2) is 16.8. The first-order chi connectivity index (χ1) is 29.3.